The molecule has 0 aliphatic carbocycles. The number of sulfone groups is 1. The van der Waals surface area contributed by atoms with Crippen LogP contribution in [0.2, 0.25) is 0 Å². The second-order valence-electron chi connectivity index (χ2n) is 5.11. The molecule has 94 valence electrons. The molecule has 0 bridgehead atoms. The van der Waals surface area contributed by atoms with E-state index in [2.05, 4.69) is 17.3 Å². The van der Waals surface area contributed by atoms with Crippen molar-refractivity contribution in [3.05, 3.63) is 0 Å². The van der Waals surface area contributed by atoms with Crippen LogP contribution in [0.4, 0.5) is 0 Å². The Morgan fingerprint density at radius 3 is 2.50 bits per heavy atom. The van der Waals surface area contributed by atoms with Crippen LogP contribution in [0.1, 0.15) is 25.7 Å². The average molecular weight is 246 g/mol. The summed E-state index contributed by atoms with van der Waals surface area (Å²) in [7, 11) is -0.543. The van der Waals surface area contributed by atoms with Crippen molar-refractivity contribution in [2.24, 2.45) is 0 Å². The minimum atomic E-state index is -2.71. The number of rotatable bonds is 3. The third-order valence-electron chi connectivity index (χ3n) is 3.87. The van der Waals surface area contributed by atoms with Gasteiger partial charge in [-0.05, 0) is 39.3 Å². The molecule has 1 atom stereocenters. The van der Waals surface area contributed by atoms with Gasteiger partial charge in [-0.3, -0.25) is 0 Å². The molecule has 2 aliphatic heterocycles. The number of nitrogens with one attached hydrogen (secondary N) is 1. The van der Waals surface area contributed by atoms with E-state index in [1.807, 2.05) is 0 Å². The van der Waals surface area contributed by atoms with E-state index in [9.17, 15) is 8.42 Å². The Hall–Kier alpha value is -0.130. The molecule has 0 amide bonds. The van der Waals surface area contributed by atoms with Crippen LogP contribution in [-0.2, 0) is 9.84 Å². The Balaban J connectivity index is 1.71. The molecule has 4 nitrogen and oxygen atoms in total. The van der Waals surface area contributed by atoms with Crippen LogP contribution in [0.5, 0.6) is 0 Å². The van der Waals surface area contributed by atoms with Crippen molar-refractivity contribution in [1.82, 2.24) is 10.2 Å². The predicted molar refractivity (Wildman–Crippen MR) is 65.3 cm³/mol. The number of likely N-dealkylation sites (tertiary alicyclic amines) is 1. The van der Waals surface area contributed by atoms with Gasteiger partial charge in [0.2, 0.25) is 0 Å². The number of hydrogen-bond donors (Lipinski definition) is 1. The van der Waals surface area contributed by atoms with Crippen molar-refractivity contribution in [1.29, 1.82) is 0 Å². The fourth-order valence-corrected chi connectivity index (χ4v) is 4.13. The van der Waals surface area contributed by atoms with E-state index in [4.69, 9.17) is 0 Å². The third kappa shape index (κ3) is 3.18. The highest BCUT2D eigenvalue weighted by Crippen LogP contribution is 2.16. The topological polar surface area (TPSA) is 49.4 Å². The van der Waals surface area contributed by atoms with Gasteiger partial charge in [-0.2, -0.15) is 0 Å². The zero-order chi connectivity index (χ0) is 11.6. The van der Waals surface area contributed by atoms with E-state index < -0.39 is 9.84 Å². The minimum Gasteiger partial charge on any atom is -0.312 e. The largest absolute Gasteiger partial charge is 0.312 e. The highest BCUT2D eigenvalue weighted by Gasteiger charge is 2.25. The van der Waals surface area contributed by atoms with Gasteiger partial charge < -0.3 is 10.2 Å². The van der Waals surface area contributed by atoms with Gasteiger partial charge in [-0.15, -0.1) is 0 Å². The van der Waals surface area contributed by atoms with Crippen LogP contribution < -0.4 is 5.32 Å². The van der Waals surface area contributed by atoms with Gasteiger partial charge in [0, 0.05) is 18.6 Å². The summed E-state index contributed by atoms with van der Waals surface area (Å²) in [6, 6.07) is 1.07. The maximum absolute atomic E-state index is 11.3. The lowest BCUT2D eigenvalue weighted by molar-refractivity contribution is 0.287. The van der Waals surface area contributed by atoms with E-state index in [0.29, 0.717) is 23.6 Å². The van der Waals surface area contributed by atoms with Crippen LogP contribution in [0.15, 0.2) is 0 Å². The molecule has 16 heavy (non-hydrogen) atoms. The predicted octanol–water partition coefficient (Wildman–Crippen LogP) is 0.247. The van der Waals surface area contributed by atoms with Gasteiger partial charge in [0.1, 0.15) is 9.84 Å². The maximum atomic E-state index is 11.3. The summed E-state index contributed by atoms with van der Waals surface area (Å²) in [6.45, 7) is 2.21. The summed E-state index contributed by atoms with van der Waals surface area (Å²) < 4.78 is 22.5. The monoisotopic (exact) mass is 246 g/mol. The van der Waals surface area contributed by atoms with Crippen molar-refractivity contribution in [2.45, 2.75) is 37.8 Å². The molecule has 2 saturated heterocycles. The van der Waals surface area contributed by atoms with Crippen LogP contribution in [-0.4, -0.2) is 57.0 Å². The Labute approximate surface area is 98.3 Å². The molecule has 0 spiro atoms. The van der Waals surface area contributed by atoms with Crippen molar-refractivity contribution in [3.8, 4) is 0 Å². The fraction of sp³-hybridized carbons (Fsp3) is 1.00. The summed E-state index contributed by atoms with van der Waals surface area (Å²) in [6.07, 6.45) is 4.15. The third-order valence-corrected chi connectivity index (χ3v) is 5.58. The zero-order valence-corrected chi connectivity index (χ0v) is 10.8. The molecule has 0 aromatic rings. The van der Waals surface area contributed by atoms with Crippen molar-refractivity contribution in [3.63, 3.8) is 0 Å². The summed E-state index contributed by atoms with van der Waals surface area (Å²) in [4.78, 5) is 2.40. The first-order chi connectivity index (χ1) is 7.57. The Kier molecular flexibility index (Phi) is 3.87. The van der Waals surface area contributed by atoms with Crippen molar-refractivity contribution < 1.29 is 8.42 Å². The lowest BCUT2D eigenvalue weighted by atomic mass is 10.1. The number of nitrogens with zero attached hydrogens (tertiary/aromatic N) is 1. The van der Waals surface area contributed by atoms with Crippen molar-refractivity contribution >= 4 is 9.84 Å². The molecule has 1 N–H and O–H groups in total. The molecular weight excluding hydrogens is 224 g/mol. The number of hydrogen-bond acceptors (Lipinski definition) is 4. The molecule has 0 saturated carbocycles. The Morgan fingerprint density at radius 1 is 1.25 bits per heavy atom. The highest BCUT2D eigenvalue weighted by atomic mass is 32.2. The molecule has 2 fully saturated rings. The van der Waals surface area contributed by atoms with Crippen molar-refractivity contribution in [2.75, 3.05) is 31.6 Å². The van der Waals surface area contributed by atoms with E-state index in [1.165, 1.54) is 19.4 Å². The first kappa shape index (κ1) is 12.3. The first-order valence-corrected chi connectivity index (χ1v) is 8.03. The van der Waals surface area contributed by atoms with Gasteiger partial charge in [-0.25, -0.2) is 8.42 Å². The zero-order valence-electron chi connectivity index (χ0n) is 9.98. The molecule has 0 aromatic carbocycles. The summed E-state index contributed by atoms with van der Waals surface area (Å²) in [5.41, 5.74) is 0. The normalized spacial score (nSPS) is 31.9. The smallest absolute Gasteiger partial charge is 0.150 e. The second kappa shape index (κ2) is 5.02. The fourth-order valence-electron chi connectivity index (χ4n) is 2.63. The molecule has 0 aromatic heterocycles. The standard InChI is InChI=1S/C11H22N2O2S/c1-13-6-2-3-11(13)9-12-10-4-7-16(14,15)8-5-10/h10-12H,2-9H2,1H3. The maximum Gasteiger partial charge on any atom is 0.150 e. The minimum absolute atomic E-state index is 0.366. The van der Waals surface area contributed by atoms with E-state index in [0.717, 1.165) is 19.4 Å². The van der Waals surface area contributed by atoms with Crippen LogP contribution in [0.3, 0.4) is 0 Å². The first-order valence-electron chi connectivity index (χ1n) is 6.21. The van der Waals surface area contributed by atoms with E-state index >= 15 is 0 Å². The van der Waals surface area contributed by atoms with Crippen LogP contribution in [0.25, 0.3) is 0 Å². The lowest BCUT2D eigenvalue weighted by Crippen LogP contribution is -2.43. The molecular formula is C11H22N2O2S. The molecule has 2 heterocycles. The second-order valence-corrected chi connectivity index (χ2v) is 7.41. The summed E-state index contributed by atoms with van der Waals surface area (Å²) in [5.74, 6) is 0.732. The summed E-state index contributed by atoms with van der Waals surface area (Å²) in [5, 5.41) is 3.53. The van der Waals surface area contributed by atoms with Gasteiger partial charge in [-0.1, -0.05) is 0 Å². The molecule has 2 aliphatic rings. The lowest BCUT2D eigenvalue weighted by Gasteiger charge is -2.26. The molecule has 5 heteroatoms. The average Bonchev–Trinajstić information content (AvgIpc) is 2.63. The SMILES string of the molecule is CN1CCCC1CNC1CCS(=O)(=O)CC1. The van der Waals surface area contributed by atoms with Gasteiger partial charge >= 0.3 is 0 Å². The highest BCUT2D eigenvalue weighted by molar-refractivity contribution is 7.91. The number of likely N-dealkylation sites (N-methyl/N-ethyl adjacent to an activating group) is 1. The van der Waals surface area contributed by atoms with Crippen LogP contribution in [0, 0.1) is 0 Å². The van der Waals surface area contributed by atoms with E-state index in [1.54, 1.807) is 0 Å². The van der Waals surface area contributed by atoms with Crippen LogP contribution >= 0.6 is 0 Å². The quantitative estimate of drug-likeness (QED) is 0.775. The molecule has 0 radical (unpaired) electrons. The molecule has 2 rings (SSSR count). The van der Waals surface area contributed by atoms with Gasteiger partial charge in [0.05, 0.1) is 11.5 Å². The van der Waals surface area contributed by atoms with Gasteiger partial charge in [0.15, 0.2) is 0 Å². The Bertz CT molecular complexity index is 315. The Morgan fingerprint density at radius 2 is 1.94 bits per heavy atom. The summed E-state index contributed by atoms with van der Waals surface area (Å²) >= 11 is 0. The van der Waals surface area contributed by atoms with Gasteiger partial charge in [0.25, 0.3) is 0 Å². The molecule has 1 unspecified atom stereocenters. The van der Waals surface area contributed by atoms with E-state index in [-0.39, 0.29) is 0 Å².